The SMILES string of the molecule is Cc1ccc(CCCNC(=O)[C@@H]2CCCN(S(=O)(=O)c3ccc(C)cc3)C2)cc1. The lowest BCUT2D eigenvalue weighted by molar-refractivity contribution is -0.126. The van der Waals surface area contributed by atoms with Crippen LogP contribution in [0.15, 0.2) is 53.4 Å². The number of hydrogen-bond acceptors (Lipinski definition) is 3. The average Bonchev–Trinajstić information content (AvgIpc) is 2.73. The molecule has 3 rings (SSSR count). The minimum Gasteiger partial charge on any atom is -0.356 e. The van der Waals surface area contributed by atoms with Gasteiger partial charge in [-0.05, 0) is 57.2 Å². The van der Waals surface area contributed by atoms with E-state index in [0.29, 0.717) is 24.4 Å². The number of benzene rings is 2. The van der Waals surface area contributed by atoms with Crippen molar-refractivity contribution in [2.45, 2.75) is 44.4 Å². The molecule has 1 heterocycles. The number of hydrogen-bond donors (Lipinski definition) is 1. The van der Waals surface area contributed by atoms with Crippen LogP contribution < -0.4 is 5.32 Å². The molecule has 1 fully saturated rings. The third-order valence-electron chi connectivity index (χ3n) is 5.48. The largest absolute Gasteiger partial charge is 0.356 e. The Morgan fingerprint density at radius 3 is 2.31 bits per heavy atom. The standard InChI is InChI=1S/C23H30N2O3S/c1-18-7-11-20(12-8-18)5-3-15-24-23(26)21-6-4-16-25(17-21)29(27,28)22-13-9-19(2)10-14-22/h7-14,21H,3-6,15-17H2,1-2H3,(H,24,26)/t21-/m1/s1. The number of aryl methyl sites for hydroxylation is 3. The highest BCUT2D eigenvalue weighted by Crippen LogP contribution is 2.24. The minimum atomic E-state index is -3.56. The van der Waals surface area contributed by atoms with Crippen molar-refractivity contribution in [1.29, 1.82) is 0 Å². The zero-order valence-electron chi connectivity index (χ0n) is 17.2. The molecule has 6 heteroatoms. The van der Waals surface area contributed by atoms with E-state index in [1.807, 2.05) is 6.92 Å². The topological polar surface area (TPSA) is 66.5 Å². The van der Waals surface area contributed by atoms with E-state index < -0.39 is 10.0 Å². The molecule has 1 aliphatic rings. The number of nitrogens with zero attached hydrogens (tertiary/aromatic N) is 1. The van der Waals surface area contributed by atoms with E-state index in [0.717, 1.165) is 24.8 Å². The summed E-state index contributed by atoms with van der Waals surface area (Å²) in [4.78, 5) is 12.9. The highest BCUT2D eigenvalue weighted by atomic mass is 32.2. The number of carbonyl (C=O) groups is 1. The predicted octanol–water partition coefficient (Wildman–Crippen LogP) is 3.45. The molecule has 1 N–H and O–H groups in total. The number of piperidine rings is 1. The van der Waals surface area contributed by atoms with E-state index in [1.54, 1.807) is 24.3 Å². The number of rotatable bonds is 7. The van der Waals surface area contributed by atoms with Gasteiger partial charge in [0.2, 0.25) is 15.9 Å². The molecule has 1 amide bonds. The molecule has 156 valence electrons. The third-order valence-corrected chi connectivity index (χ3v) is 7.36. The summed E-state index contributed by atoms with van der Waals surface area (Å²) >= 11 is 0. The maximum Gasteiger partial charge on any atom is 0.243 e. The van der Waals surface area contributed by atoms with E-state index in [1.165, 1.54) is 15.4 Å². The quantitative estimate of drug-likeness (QED) is 0.706. The summed E-state index contributed by atoms with van der Waals surface area (Å²) < 4.78 is 27.3. The van der Waals surface area contributed by atoms with Gasteiger partial charge in [0.15, 0.2) is 0 Å². The molecule has 0 spiro atoms. The van der Waals surface area contributed by atoms with E-state index >= 15 is 0 Å². The van der Waals surface area contributed by atoms with Crippen LogP contribution in [0, 0.1) is 19.8 Å². The van der Waals surface area contributed by atoms with Gasteiger partial charge in [-0.3, -0.25) is 4.79 Å². The Morgan fingerprint density at radius 1 is 1.03 bits per heavy atom. The summed E-state index contributed by atoms with van der Waals surface area (Å²) in [7, 11) is -3.56. The molecular weight excluding hydrogens is 384 g/mol. The zero-order valence-corrected chi connectivity index (χ0v) is 18.0. The molecule has 0 aromatic heterocycles. The summed E-state index contributed by atoms with van der Waals surface area (Å²) in [5.41, 5.74) is 3.52. The van der Waals surface area contributed by atoms with Crippen molar-refractivity contribution in [3.05, 3.63) is 65.2 Å². The fourth-order valence-electron chi connectivity index (χ4n) is 3.64. The van der Waals surface area contributed by atoms with Crippen LogP contribution in [-0.2, 0) is 21.2 Å². The van der Waals surface area contributed by atoms with Gasteiger partial charge in [-0.1, -0.05) is 47.5 Å². The number of carbonyl (C=O) groups excluding carboxylic acids is 1. The molecule has 5 nitrogen and oxygen atoms in total. The normalized spacial score (nSPS) is 17.8. The molecular formula is C23H30N2O3S. The Labute approximate surface area is 174 Å². The summed E-state index contributed by atoms with van der Waals surface area (Å²) in [6.07, 6.45) is 3.21. The van der Waals surface area contributed by atoms with Gasteiger partial charge in [0.1, 0.15) is 0 Å². The zero-order chi connectivity index (χ0) is 20.9. The lowest BCUT2D eigenvalue weighted by Crippen LogP contribution is -2.45. The van der Waals surface area contributed by atoms with Crippen LogP contribution in [0.3, 0.4) is 0 Å². The first-order valence-corrected chi connectivity index (χ1v) is 11.7. The Bertz CT molecular complexity index is 922. The Kier molecular flexibility index (Phi) is 7.09. The highest BCUT2D eigenvalue weighted by molar-refractivity contribution is 7.89. The molecule has 2 aromatic carbocycles. The average molecular weight is 415 g/mol. The van der Waals surface area contributed by atoms with Gasteiger partial charge in [0, 0.05) is 19.6 Å². The van der Waals surface area contributed by atoms with Crippen molar-refractivity contribution in [3.63, 3.8) is 0 Å². The Morgan fingerprint density at radius 2 is 1.66 bits per heavy atom. The molecule has 29 heavy (non-hydrogen) atoms. The summed E-state index contributed by atoms with van der Waals surface area (Å²) in [5, 5.41) is 2.99. The fraction of sp³-hybridized carbons (Fsp3) is 0.435. The van der Waals surface area contributed by atoms with Gasteiger partial charge in [0.25, 0.3) is 0 Å². The van der Waals surface area contributed by atoms with Gasteiger partial charge in [-0.2, -0.15) is 4.31 Å². The second-order valence-electron chi connectivity index (χ2n) is 7.90. The predicted molar refractivity (Wildman–Crippen MR) is 115 cm³/mol. The fourth-order valence-corrected chi connectivity index (χ4v) is 5.16. The van der Waals surface area contributed by atoms with Crippen LogP contribution >= 0.6 is 0 Å². The van der Waals surface area contributed by atoms with Crippen LogP contribution in [0.5, 0.6) is 0 Å². The van der Waals surface area contributed by atoms with Crippen LogP contribution in [0.4, 0.5) is 0 Å². The number of amides is 1. The van der Waals surface area contributed by atoms with E-state index in [-0.39, 0.29) is 18.4 Å². The lowest BCUT2D eigenvalue weighted by atomic mass is 9.99. The van der Waals surface area contributed by atoms with Gasteiger partial charge < -0.3 is 5.32 Å². The molecule has 1 saturated heterocycles. The van der Waals surface area contributed by atoms with Crippen LogP contribution in [-0.4, -0.2) is 38.3 Å². The minimum absolute atomic E-state index is 0.0438. The first-order chi connectivity index (χ1) is 13.9. The monoisotopic (exact) mass is 414 g/mol. The second kappa shape index (κ2) is 9.55. The summed E-state index contributed by atoms with van der Waals surface area (Å²) in [6, 6.07) is 15.3. The molecule has 1 aliphatic heterocycles. The first-order valence-electron chi connectivity index (χ1n) is 10.3. The highest BCUT2D eigenvalue weighted by Gasteiger charge is 2.33. The Hall–Kier alpha value is -2.18. The maximum atomic E-state index is 12.9. The molecule has 1 atom stereocenters. The van der Waals surface area contributed by atoms with Crippen molar-refractivity contribution >= 4 is 15.9 Å². The van der Waals surface area contributed by atoms with Crippen molar-refractivity contribution < 1.29 is 13.2 Å². The van der Waals surface area contributed by atoms with Crippen LogP contribution in [0.25, 0.3) is 0 Å². The molecule has 0 bridgehead atoms. The molecule has 0 radical (unpaired) electrons. The summed E-state index contributed by atoms with van der Waals surface area (Å²) in [6.45, 7) is 5.31. The second-order valence-corrected chi connectivity index (χ2v) is 9.83. The first kappa shape index (κ1) is 21.5. The van der Waals surface area contributed by atoms with Crippen LogP contribution in [0.2, 0.25) is 0 Å². The summed E-state index contributed by atoms with van der Waals surface area (Å²) in [5.74, 6) is -0.332. The number of sulfonamides is 1. The Balaban J connectivity index is 1.51. The molecule has 0 saturated carbocycles. The lowest BCUT2D eigenvalue weighted by Gasteiger charge is -2.31. The van der Waals surface area contributed by atoms with E-state index in [2.05, 4.69) is 36.5 Å². The van der Waals surface area contributed by atoms with Crippen LogP contribution in [0.1, 0.15) is 36.0 Å². The van der Waals surface area contributed by atoms with Gasteiger partial charge in [0.05, 0.1) is 10.8 Å². The van der Waals surface area contributed by atoms with E-state index in [9.17, 15) is 13.2 Å². The molecule has 0 aliphatic carbocycles. The smallest absolute Gasteiger partial charge is 0.243 e. The number of nitrogens with one attached hydrogen (secondary N) is 1. The van der Waals surface area contributed by atoms with E-state index in [4.69, 9.17) is 0 Å². The maximum absolute atomic E-state index is 12.9. The van der Waals surface area contributed by atoms with Crippen molar-refractivity contribution in [2.24, 2.45) is 5.92 Å². The van der Waals surface area contributed by atoms with Gasteiger partial charge >= 0.3 is 0 Å². The molecule has 2 aromatic rings. The van der Waals surface area contributed by atoms with Crippen molar-refractivity contribution in [3.8, 4) is 0 Å². The third kappa shape index (κ3) is 5.67. The molecule has 0 unspecified atom stereocenters. The van der Waals surface area contributed by atoms with Gasteiger partial charge in [-0.15, -0.1) is 0 Å². The van der Waals surface area contributed by atoms with Crippen molar-refractivity contribution in [1.82, 2.24) is 9.62 Å². The van der Waals surface area contributed by atoms with Crippen molar-refractivity contribution in [2.75, 3.05) is 19.6 Å². The van der Waals surface area contributed by atoms with Gasteiger partial charge in [-0.25, -0.2) is 8.42 Å².